The van der Waals surface area contributed by atoms with E-state index in [0.717, 1.165) is 5.56 Å². The molecule has 0 spiro atoms. The molecule has 0 radical (unpaired) electrons. The molecular weight excluding hydrogens is 492 g/mol. The van der Waals surface area contributed by atoms with Gasteiger partial charge in [0.15, 0.2) is 16.3 Å². The Hall–Kier alpha value is -4.37. The van der Waals surface area contributed by atoms with Gasteiger partial charge in [0.1, 0.15) is 11.8 Å². The Bertz CT molecular complexity index is 1650. The van der Waals surface area contributed by atoms with Crippen molar-refractivity contribution in [3.8, 4) is 11.5 Å². The van der Waals surface area contributed by atoms with E-state index in [1.54, 1.807) is 43.5 Å². The number of benzene rings is 2. The van der Waals surface area contributed by atoms with Gasteiger partial charge in [-0.1, -0.05) is 53.8 Å². The predicted octanol–water partition coefficient (Wildman–Crippen LogP) is 3.55. The maximum atomic E-state index is 13.8. The summed E-state index contributed by atoms with van der Waals surface area (Å²) in [5, 5.41) is 0. The van der Waals surface area contributed by atoms with Crippen LogP contribution in [0.3, 0.4) is 0 Å². The molecule has 9 heteroatoms. The van der Waals surface area contributed by atoms with Crippen molar-refractivity contribution in [1.29, 1.82) is 0 Å². The average molecular weight is 517 g/mol. The van der Waals surface area contributed by atoms with Crippen LogP contribution in [0.5, 0.6) is 11.5 Å². The Kier molecular flexibility index (Phi) is 6.78. The van der Waals surface area contributed by atoms with Gasteiger partial charge in [-0.15, -0.1) is 0 Å². The lowest BCUT2D eigenvalue weighted by molar-refractivity contribution is -0.138. The fourth-order valence-electron chi connectivity index (χ4n) is 4.36. The lowest BCUT2D eigenvalue weighted by Crippen LogP contribution is -2.40. The topological polar surface area (TPSA) is 92.3 Å². The predicted molar refractivity (Wildman–Crippen MR) is 139 cm³/mol. The number of para-hydroxylation sites is 1. The van der Waals surface area contributed by atoms with Gasteiger partial charge in [0.2, 0.25) is 0 Å². The largest absolute Gasteiger partial charge is 0.493 e. The molecule has 2 aromatic heterocycles. The molecule has 4 aromatic rings. The lowest BCUT2D eigenvalue weighted by atomic mass is 9.92. The molecule has 8 nitrogen and oxygen atoms in total. The number of fused-ring (bicyclic) bond motifs is 1. The molecule has 1 aliphatic rings. The van der Waals surface area contributed by atoms with Crippen LogP contribution < -0.4 is 24.4 Å². The first-order chi connectivity index (χ1) is 18.1. The van der Waals surface area contributed by atoms with Crippen molar-refractivity contribution in [2.24, 2.45) is 4.99 Å². The summed E-state index contributed by atoms with van der Waals surface area (Å²) in [5.41, 5.74) is 1.64. The van der Waals surface area contributed by atoms with Crippen molar-refractivity contribution < 1.29 is 23.4 Å². The summed E-state index contributed by atoms with van der Waals surface area (Å²) in [5.74, 6) is 0.847. The monoisotopic (exact) mass is 516 g/mol. The highest BCUT2D eigenvalue weighted by molar-refractivity contribution is 7.07. The molecule has 2 aromatic carbocycles. The Balaban J connectivity index is 1.89. The average Bonchev–Trinajstić information content (AvgIpc) is 3.55. The molecule has 1 aliphatic heterocycles. The SMILES string of the molecule is CCOC(=O)C1=C(c2ccccc2)N=c2sc(=Cc3ccco3)c(=O)n2[C@H]1c1cccc(OC)c1OC. The molecule has 0 fully saturated rings. The Morgan fingerprint density at radius 1 is 1.08 bits per heavy atom. The number of thiazole rings is 1. The summed E-state index contributed by atoms with van der Waals surface area (Å²) in [6, 6.07) is 17.4. The highest BCUT2D eigenvalue weighted by Gasteiger charge is 2.37. The number of aromatic nitrogens is 1. The van der Waals surface area contributed by atoms with E-state index < -0.39 is 12.0 Å². The van der Waals surface area contributed by atoms with Gasteiger partial charge in [-0.3, -0.25) is 9.36 Å². The van der Waals surface area contributed by atoms with Crippen molar-refractivity contribution in [1.82, 2.24) is 4.57 Å². The molecule has 3 heterocycles. The van der Waals surface area contributed by atoms with Crippen LogP contribution >= 0.6 is 11.3 Å². The third-order valence-corrected chi connectivity index (χ3v) is 6.90. The van der Waals surface area contributed by atoms with Gasteiger partial charge in [-0.2, -0.15) is 0 Å². The Labute approximate surface area is 216 Å². The van der Waals surface area contributed by atoms with Crippen molar-refractivity contribution in [2.75, 3.05) is 20.8 Å². The minimum absolute atomic E-state index is 0.162. The van der Waals surface area contributed by atoms with Gasteiger partial charge in [0.25, 0.3) is 5.56 Å². The van der Waals surface area contributed by atoms with E-state index >= 15 is 0 Å². The molecule has 0 saturated carbocycles. The molecule has 0 aliphatic carbocycles. The van der Waals surface area contributed by atoms with Gasteiger partial charge in [-0.05, 0) is 25.1 Å². The summed E-state index contributed by atoms with van der Waals surface area (Å²) in [7, 11) is 3.06. The summed E-state index contributed by atoms with van der Waals surface area (Å²) in [6.45, 7) is 1.90. The van der Waals surface area contributed by atoms with E-state index in [9.17, 15) is 9.59 Å². The second-order valence-electron chi connectivity index (χ2n) is 8.03. The summed E-state index contributed by atoms with van der Waals surface area (Å²) >= 11 is 1.22. The fourth-order valence-corrected chi connectivity index (χ4v) is 5.35. The smallest absolute Gasteiger partial charge is 0.338 e. The molecule has 0 bridgehead atoms. The third-order valence-electron chi connectivity index (χ3n) is 5.92. The molecule has 5 rings (SSSR count). The van der Waals surface area contributed by atoms with Crippen molar-refractivity contribution in [3.63, 3.8) is 0 Å². The zero-order valence-corrected chi connectivity index (χ0v) is 21.3. The Morgan fingerprint density at radius 3 is 2.57 bits per heavy atom. The van der Waals surface area contributed by atoms with E-state index in [1.165, 1.54) is 30.1 Å². The summed E-state index contributed by atoms with van der Waals surface area (Å²) in [6.07, 6.45) is 3.21. The van der Waals surface area contributed by atoms with E-state index in [-0.39, 0.29) is 17.7 Å². The quantitative estimate of drug-likeness (QED) is 0.349. The second-order valence-corrected chi connectivity index (χ2v) is 9.04. The van der Waals surface area contributed by atoms with Crippen LogP contribution in [0.1, 0.15) is 29.9 Å². The highest BCUT2D eigenvalue weighted by atomic mass is 32.1. The molecule has 188 valence electrons. The molecule has 0 unspecified atom stereocenters. The minimum atomic E-state index is -0.880. The molecule has 0 saturated heterocycles. The molecule has 37 heavy (non-hydrogen) atoms. The number of carbonyl (C=O) groups excluding carboxylic acids is 1. The first kappa shape index (κ1) is 24.3. The zero-order chi connectivity index (χ0) is 25.9. The third kappa shape index (κ3) is 4.38. The van der Waals surface area contributed by atoms with Crippen molar-refractivity contribution >= 4 is 29.1 Å². The van der Waals surface area contributed by atoms with Crippen LogP contribution in [-0.2, 0) is 9.53 Å². The minimum Gasteiger partial charge on any atom is -0.493 e. The number of hydrogen-bond donors (Lipinski definition) is 0. The standard InChI is InChI=1S/C28H24N2O6S/c1-4-35-27(32)22-23(17-10-6-5-7-11-17)29-28-30(26(31)21(37-28)16-18-12-9-15-36-18)24(22)19-13-8-14-20(33-2)25(19)34-3/h5-16,24H,4H2,1-3H3/t24-/m0/s1. The number of esters is 1. The number of rotatable bonds is 7. The Morgan fingerprint density at radius 2 is 1.89 bits per heavy atom. The number of furan rings is 1. The maximum Gasteiger partial charge on any atom is 0.338 e. The second kappa shape index (κ2) is 10.3. The number of methoxy groups -OCH3 is 2. The van der Waals surface area contributed by atoms with E-state index in [1.807, 2.05) is 36.4 Å². The van der Waals surface area contributed by atoms with E-state index in [4.69, 9.17) is 23.6 Å². The summed E-state index contributed by atoms with van der Waals surface area (Å²) < 4.78 is 24.1. The molecule has 0 N–H and O–H groups in total. The van der Waals surface area contributed by atoms with E-state index in [2.05, 4.69) is 0 Å². The zero-order valence-electron chi connectivity index (χ0n) is 20.5. The van der Waals surface area contributed by atoms with Gasteiger partial charge >= 0.3 is 5.97 Å². The lowest BCUT2D eigenvalue weighted by Gasteiger charge is -2.27. The van der Waals surface area contributed by atoms with Crippen LogP contribution in [0.25, 0.3) is 11.8 Å². The van der Waals surface area contributed by atoms with Crippen molar-refractivity contribution in [3.05, 3.63) is 109 Å². The highest BCUT2D eigenvalue weighted by Crippen LogP contribution is 2.42. The van der Waals surface area contributed by atoms with Crippen LogP contribution in [0.2, 0.25) is 0 Å². The maximum absolute atomic E-state index is 13.8. The van der Waals surface area contributed by atoms with Gasteiger partial charge in [-0.25, -0.2) is 9.79 Å². The van der Waals surface area contributed by atoms with Crippen molar-refractivity contribution in [2.45, 2.75) is 13.0 Å². The van der Waals surface area contributed by atoms with Gasteiger partial charge in [0.05, 0.1) is 42.9 Å². The fraction of sp³-hybridized carbons (Fsp3) is 0.179. The molecule has 1 atom stereocenters. The number of nitrogens with zero attached hydrogens (tertiary/aromatic N) is 2. The first-order valence-corrected chi connectivity index (χ1v) is 12.4. The van der Waals surface area contributed by atoms with Gasteiger partial charge < -0.3 is 18.6 Å². The van der Waals surface area contributed by atoms with Crippen LogP contribution in [0.4, 0.5) is 0 Å². The molecule has 0 amide bonds. The van der Waals surface area contributed by atoms with Gasteiger partial charge in [0, 0.05) is 17.2 Å². The number of carbonyl (C=O) groups is 1. The number of ether oxygens (including phenoxy) is 3. The summed E-state index contributed by atoms with van der Waals surface area (Å²) in [4.78, 5) is 32.7. The van der Waals surface area contributed by atoms with Crippen LogP contribution in [0, 0.1) is 0 Å². The van der Waals surface area contributed by atoms with Crippen LogP contribution in [0.15, 0.2) is 86.7 Å². The van der Waals surface area contributed by atoms with E-state index in [0.29, 0.717) is 37.9 Å². The van der Waals surface area contributed by atoms with Crippen LogP contribution in [-0.4, -0.2) is 31.4 Å². The number of hydrogen-bond acceptors (Lipinski definition) is 8. The first-order valence-electron chi connectivity index (χ1n) is 11.6. The molecular formula is C28H24N2O6S. The normalized spacial score (nSPS) is 15.2.